The second-order valence-electron chi connectivity index (χ2n) is 6.85. The van der Waals surface area contributed by atoms with Gasteiger partial charge >= 0.3 is 0 Å². The fourth-order valence-electron chi connectivity index (χ4n) is 3.97. The Bertz CT molecular complexity index is 653. The van der Waals surface area contributed by atoms with Crippen LogP contribution in [0.4, 0.5) is 5.82 Å². The molecule has 0 unspecified atom stereocenters. The van der Waals surface area contributed by atoms with E-state index in [2.05, 4.69) is 38.8 Å². The predicted octanol–water partition coefficient (Wildman–Crippen LogP) is 3.02. The molecule has 6 nitrogen and oxygen atoms in total. The number of aromatic nitrogens is 4. The van der Waals surface area contributed by atoms with Gasteiger partial charge in [-0.2, -0.15) is 10.2 Å². The van der Waals surface area contributed by atoms with Gasteiger partial charge < -0.3 is 10.1 Å². The zero-order chi connectivity index (χ0) is 16.4. The van der Waals surface area contributed by atoms with Gasteiger partial charge in [-0.15, -0.1) is 0 Å². The molecular formula is C18H27N5O. The van der Waals surface area contributed by atoms with E-state index in [1.807, 2.05) is 6.20 Å². The van der Waals surface area contributed by atoms with Gasteiger partial charge in [0.25, 0.3) is 0 Å². The van der Waals surface area contributed by atoms with Crippen molar-refractivity contribution in [3.05, 3.63) is 29.7 Å². The third-order valence-electron chi connectivity index (χ3n) is 5.25. The summed E-state index contributed by atoms with van der Waals surface area (Å²) in [5.74, 6) is 1.47. The Labute approximate surface area is 143 Å². The fraction of sp³-hybridized carbons (Fsp3) is 0.667. The molecule has 0 saturated carbocycles. The molecule has 0 radical (unpaired) electrons. The number of ether oxygens (including phenoxy) is 1. The molecule has 2 aliphatic heterocycles. The first kappa shape index (κ1) is 15.7. The van der Waals surface area contributed by atoms with E-state index in [0.717, 1.165) is 44.9 Å². The minimum Gasteiger partial charge on any atom is -0.372 e. The monoisotopic (exact) mass is 329 g/mol. The van der Waals surface area contributed by atoms with Crippen molar-refractivity contribution >= 4 is 5.82 Å². The van der Waals surface area contributed by atoms with Crippen molar-refractivity contribution in [2.24, 2.45) is 5.92 Å². The van der Waals surface area contributed by atoms with Crippen molar-refractivity contribution in [3.63, 3.8) is 0 Å². The Kier molecular flexibility index (Phi) is 4.56. The Morgan fingerprint density at radius 1 is 1.33 bits per heavy atom. The molecule has 0 aliphatic carbocycles. The molecule has 130 valence electrons. The van der Waals surface area contributed by atoms with Crippen LogP contribution in [0.5, 0.6) is 0 Å². The normalized spacial score (nSPS) is 23.9. The molecular weight excluding hydrogens is 302 g/mol. The molecule has 6 heteroatoms. The summed E-state index contributed by atoms with van der Waals surface area (Å²) < 4.78 is 10.3. The van der Waals surface area contributed by atoms with Gasteiger partial charge in [-0.05, 0) is 45.1 Å². The number of hydrogen-bond acceptors (Lipinski definition) is 4. The quantitative estimate of drug-likeness (QED) is 0.916. The average Bonchev–Trinajstić information content (AvgIpc) is 3.26. The van der Waals surface area contributed by atoms with Crippen LogP contribution in [0.1, 0.15) is 50.1 Å². The van der Waals surface area contributed by atoms with Gasteiger partial charge in [0, 0.05) is 50.1 Å². The SMILES string of the molecule is CCn1nccc1[C@@H]1OCCC[C@H]1CNc1cc2n(n1)CCCC2. The molecule has 0 spiro atoms. The molecule has 2 aromatic heterocycles. The van der Waals surface area contributed by atoms with Crippen LogP contribution in [0, 0.1) is 5.92 Å². The molecule has 2 atom stereocenters. The maximum atomic E-state index is 6.12. The van der Waals surface area contributed by atoms with Crippen LogP contribution in [0.25, 0.3) is 0 Å². The van der Waals surface area contributed by atoms with Crippen molar-refractivity contribution in [2.75, 3.05) is 18.5 Å². The summed E-state index contributed by atoms with van der Waals surface area (Å²) in [5, 5.41) is 12.7. The zero-order valence-electron chi connectivity index (χ0n) is 14.4. The first-order chi connectivity index (χ1) is 11.8. The Morgan fingerprint density at radius 2 is 2.29 bits per heavy atom. The lowest BCUT2D eigenvalue weighted by Gasteiger charge is -2.32. The molecule has 4 rings (SSSR count). The smallest absolute Gasteiger partial charge is 0.148 e. The highest BCUT2D eigenvalue weighted by Crippen LogP contribution is 2.33. The lowest BCUT2D eigenvalue weighted by Crippen LogP contribution is -2.30. The molecule has 1 saturated heterocycles. The summed E-state index contributed by atoms with van der Waals surface area (Å²) in [5.41, 5.74) is 2.57. The summed E-state index contributed by atoms with van der Waals surface area (Å²) >= 11 is 0. The van der Waals surface area contributed by atoms with Crippen molar-refractivity contribution in [1.82, 2.24) is 19.6 Å². The van der Waals surface area contributed by atoms with Crippen LogP contribution in [-0.2, 0) is 24.2 Å². The minimum absolute atomic E-state index is 0.130. The highest BCUT2D eigenvalue weighted by atomic mass is 16.5. The van der Waals surface area contributed by atoms with Gasteiger partial charge in [0.1, 0.15) is 11.9 Å². The first-order valence-electron chi connectivity index (χ1n) is 9.29. The third-order valence-corrected chi connectivity index (χ3v) is 5.25. The van der Waals surface area contributed by atoms with Gasteiger partial charge in [-0.3, -0.25) is 9.36 Å². The van der Waals surface area contributed by atoms with Gasteiger partial charge in [0.15, 0.2) is 0 Å². The molecule has 2 aromatic rings. The molecule has 2 aliphatic rings. The molecule has 1 N–H and O–H groups in total. The maximum absolute atomic E-state index is 6.12. The van der Waals surface area contributed by atoms with Gasteiger partial charge in [-0.1, -0.05) is 0 Å². The number of fused-ring (bicyclic) bond motifs is 1. The number of nitrogens with zero attached hydrogens (tertiary/aromatic N) is 4. The van der Waals surface area contributed by atoms with Crippen LogP contribution in [0.3, 0.4) is 0 Å². The van der Waals surface area contributed by atoms with Crippen LogP contribution in [0.2, 0.25) is 0 Å². The molecule has 4 heterocycles. The summed E-state index contributed by atoms with van der Waals surface area (Å²) in [6, 6.07) is 4.32. The number of anilines is 1. The summed E-state index contributed by atoms with van der Waals surface area (Å²) in [4.78, 5) is 0. The average molecular weight is 329 g/mol. The van der Waals surface area contributed by atoms with Crippen LogP contribution < -0.4 is 5.32 Å². The van der Waals surface area contributed by atoms with Gasteiger partial charge in [0.2, 0.25) is 0 Å². The van der Waals surface area contributed by atoms with E-state index >= 15 is 0 Å². The summed E-state index contributed by atoms with van der Waals surface area (Å²) in [6.45, 7) is 5.81. The van der Waals surface area contributed by atoms with Crippen molar-refractivity contribution in [3.8, 4) is 0 Å². The Balaban J connectivity index is 1.45. The van der Waals surface area contributed by atoms with Crippen molar-refractivity contribution in [1.29, 1.82) is 0 Å². The van der Waals surface area contributed by atoms with Crippen LogP contribution in [0.15, 0.2) is 18.3 Å². The molecule has 0 aromatic carbocycles. The van der Waals surface area contributed by atoms with Gasteiger partial charge in [0.05, 0.1) is 5.69 Å². The van der Waals surface area contributed by atoms with Crippen molar-refractivity contribution < 1.29 is 4.74 Å². The molecule has 0 bridgehead atoms. The highest BCUT2D eigenvalue weighted by molar-refractivity contribution is 5.36. The van der Waals surface area contributed by atoms with Crippen molar-refractivity contribution in [2.45, 2.75) is 58.2 Å². The fourth-order valence-corrected chi connectivity index (χ4v) is 3.97. The summed E-state index contributed by atoms with van der Waals surface area (Å²) in [7, 11) is 0. The second kappa shape index (κ2) is 6.97. The molecule has 0 amide bonds. The molecule has 1 fully saturated rings. The van der Waals surface area contributed by atoms with E-state index in [-0.39, 0.29) is 6.10 Å². The van der Waals surface area contributed by atoms with Gasteiger partial charge in [-0.25, -0.2) is 0 Å². The Morgan fingerprint density at radius 3 is 3.17 bits per heavy atom. The lowest BCUT2D eigenvalue weighted by molar-refractivity contribution is -0.0288. The van der Waals surface area contributed by atoms with Crippen LogP contribution >= 0.6 is 0 Å². The van der Waals surface area contributed by atoms with Crippen LogP contribution in [-0.4, -0.2) is 32.7 Å². The van der Waals surface area contributed by atoms with E-state index in [1.165, 1.54) is 30.7 Å². The predicted molar refractivity (Wildman–Crippen MR) is 93.0 cm³/mol. The highest BCUT2D eigenvalue weighted by Gasteiger charge is 2.30. The first-order valence-corrected chi connectivity index (χ1v) is 9.29. The zero-order valence-corrected chi connectivity index (χ0v) is 14.4. The Hall–Kier alpha value is -1.82. The van der Waals surface area contributed by atoms with E-state index in [4.69, 9.17) is 9.84 Å². The standard InChI is InChI=1S/C18H27N5O/c1-2-22-16(8-9-20-22)18-14(6-5-11-24-18)13-19-17-12-15-7-3-4-10-23(15)21-17/h8-9,12,14,18H,2-7,10-11,13H2,1H3,(H,19,21)/t14-,18+/m0/s1. The summed E-state index contributed by atoms with van der Waals surface area (Å²) in [6.07, 6.45) is 8.00. The second-order valence-corrected chi connectivity index (χ2v) is 6.85. The lowest BCUT2D eigenvalue weighted by atomic mass is 9.92. The molecule has 24 heavy (non-hydrogen) atoms. The number of nitrogens with one attached hydrogen (secondary N) is 1. The number of aryl methyl sites for hydroxylation is 3. The maximum Gasteiger partial charge on any atom is 0.148 e. The largest absolute Gasteiger partial charge is 0.372 e. The van der Waals surface area contributed by atoms with E-state index in [0.29, 0.717) is 5.92 Å². The van der Waals surface area contributed by atoms with E-state index < -0.39 is 0 Å². The third kappa shape index (κ3) is 3.07. The number of hydrogen-bond donors (Lipinski definition) is 1. The van der Waals surface area contributed by atoms with E-state index in [1.54, 1.807) is 0 Å². The number of rotatable bonds is 5. The topological polar surface area (TPSA) is 56.9 Å². The minimum atomic E-state index is 0.130. The van der Waals surface area contributed by atoms with E-state index in [9.17, 15) is 0 Å².